The number of hydrogen-bond acceptors (Lipinski definition) is 4. The molecule has 0 fully saturated rings. The van der Waals surface area contributed by atoms with Crippen molar-refractivity contribution in [2.45, 2.75) is 33.1 Å². The van der Waals surface area contributed by atoms with Crippen LogP contribution in [-0.4, -0.2) is 15.0 Å². The number of rotatable bonds is 1. The van der Waals surface area contributed by atoms with Crippen molar-refractivity contribution in [1.29, 1.82) is 0 Å². The van der Waals surface area contributed by atoms with Crippen LogP contribution in [-0.2, 0) is 5.41 Å². The Kier molecular flexibility index (Phi) is 3.76. The third-order valence-electron chi connectivity index (χ3n) is 2.37. The summed E-state index contributed by atoms with van der Waals surface area (Å²) in [6.45, 7) is 8.23. The van der Waals surface area contributed by atoms with Crippen LogP contribution in [0.2, 0.25) is 5.15 Å². The fraction of sp³-hybridized carbons (Fsp3) is 0.417. The van der Waals surface area contributed by atoms with Gasteiger partial charge in [0.25, 0.3) is 0 Å². The van der Waals surface area contributed by atoms with Crippen molar-refractivity contribution in [3.05, 3.63) is 25.7 Å². The number of hydrogen-bond donors (Lipinski definition) is 0. The lowest BCUT2D eigenvalue weighted by Gasteiger charge is -2.20. The van der Waals surface area contributed by atoms with Gasteiger partial charge in [-0.1, -0.05) is 32.4 Å². The van der Waals surface area contributed by atoms with Crippen LogP contribution in [0.5, 0.6) is 0 Å². The molecule has 0 atom stereocenters. The van der Waals surface area contributed by atoms with Crippen molar-refractivity contribution < 1.29 is 0 Å². The van der Waals surface area contributed by atoms with Gasteiger partial charge in [0.05, 0.1) is 15.2 Å². The summed E-state index contributed by atoms with van der Waals surface area (Å²) in [4.78, 5) is 13.3. The van der Waals surface area contributed by atoms with Crippen molar-refractivity contribution in [2.75, 3.05) is 0 Å². The molecule has 0 aromatic carbocycles. The third-order valence-corrected chi connectivity index (χ3v) is 4.40. The molecular weight excluding hydrogens is 334 g/mol. The molecule has 0 saturated heterocycles. The van der Waals surface area contributed by atoms with E-state index in [1.807, 2.05) is 12.3 Å². The summed E-state index contributed by atoms with van der Waals surface area (Å²) in [5.74, 6) is 0.581. The molecule has 3 nitrogen and oxygen atoms in total. The second kappa shape index (κ2) is 4.87. The number of nitrogens with zero attached hydrogens (tertiary/aromatic N) is 3. The van der Waals surface area contributed by atoms with Crippen LogP contribution in [0.1, 0.15) is 31.5 Å². The van der Waals surface area contributed by atoms with Crippen molar-refractivity contribution in [2.24, 2.45) is 0 Å². The molecule has 18 heavy (non-hydrogen) atoms. The Morgan fingerprint density at radius 3 is 2.39 bits per heavy atom. The molecule has 0 radical (unpaired) electrons. The highest BCUT2D eigenvalue weighted by atomic mass is 79.9. The van der Waals surface area contributed by atoms with E-state index in [1.54, 1.807) is 11.3 Å². The molecule has 0 saturated carbocycles. The van der Waals surface area contributed by atoms with E-state index in [0.717, 1.165) is 20.9 Å². The van der Waals surface area contributed by atoms with Gasteiger partial charge in [-0.2, -0.15) is 0 Å². The van der Waals surface area contributed by atoms with Crippen LogP contribution >= 0.6 is 38.9 Å². The van der Waals surface area contributed by atoms with Gasteiger partial charge < -0.3 is 0 Å². The first-order valence-corrected chi connectivity index (χ1v) is 7.50. The van der Waals surface area contributed by atoms with E-state index in [4.69, 9.17) is 11.6 Å². The van der Waals surface area contributed by atoms with Crippen LogP contribution in [0.25, 0.3) is 11.5 Å². The van der Waals surface area contributed by atoms with Crippen molar-refractivity contribution >= 4 is 38.9 Å². The van der Waals surface area contributed by atoms with E-state index in [1.165, 1.54) is 0 Å². The molecule has 0 unspecified atom stereocenters. The highest BCUT2D eigenvalue weighted by molar-refractivity contribution is 9.10. The second-order valence-electron chi connectivity index (χ2n) is 5.00. The minimum atomic E-state index is -0.106. The zero-order valence-corrected chi connectivity index (χ0v) is 13.7. The summed E-state index contributed by atoms with van der Waals surface area (Å²) < 4.78 is 0.757. The molecule has 0 spiro atoms. The van der Waals surface area contributed by atoms with E-state index in [2.05, 4.69) is 51.7 Å². The summed E-state index contributed by atoms with van der Waals surface area (Å²) in [7, 11) is 0. The predicted molar refractivity (Wildman–Crippen MR) is 79.3 cm³/mol. The monoisotopic (exact) mass is 345 g/mol. The molecule has 96 valence electrons. The second-order valence-corrected chi connectivity index (χ2v) is 7.22. The molecule has 0 bridgehead atoms. The number of thiazole rings is 1. The van der Waals surface area contributed by atoms with E-state index in [9.17, 15) is 0 Å². The van der Waals surface area contributed by atoms with Crippen molar-refractivity contribution in [3.63, 3.8) is 0 Å². The predicted octanol–water partition coefficient (Wildman–Crippen LogP) is 4.62. The number of aromatic nitrogens is 3. The SMILES string of the molecule is Cc1nc(-c2nc(Cl)c(Br)c(C(C)(C)C)n2)cs1. The van der Waals surface area contributed by atoms with E-state index in [0.29, 0.717) is 11.0 Å². The molecule has 2 rings (SSSR count). The molecule has 0 N–H and O–H groups in total. The highest BCUT2D eigenvalue weighted by Crippen LogP contribution is 2.34. The maximum absolute atomic E-state index is 6.16. The Balaban J connectivity index is 2.61. The Bertz CT molecular complexity index is 589. The topological polar surface area (TPSA) is 38.7 Å². The average Bonchev–Trinajstić information content (AvgIpc) is 2.67. The molecule has 0 aliphatic carbocycles. The van der Waals surface area contributed by atoms with Gasteiger partial charge in [0.1, 0.15) is 10.8 Å². The summed E-state index contributed by atoms with van der Waals surface area (Å²) in [6, 6.07) is 0. The first-order valence-electron chi connectivity index (χ1n) is 5.45. The van der Waals surface area contributed by atoms with Gasteiger partial charge >= 0.3 is 0 Å². The maximum Gasteiger partial charge on any atom is 0.180 e. The third kappa shape index (κ3) is 2.73. The van der Waals surface area contributed by atoms with Crippen molar-refractivity contribution in [3.8, 4) is 11.5 Å². The molecule has 2 aromatic rings. The van der Waals surface area contributed by atoms with Gasteiger partial charge in [-0.25, -0.2) is 15.0 Å². The molecule has 0 amide bonds. The van der Waals surface area contributed by atoms with Gasteiger partial charge in [0, 0.05) is 10.8 Å². The molecule has 0 aliphatic rings. The van der Waals surface area contributed by atoms with Crippen LogP contribution in [0.3, 0.4) is 0 Å². The highest BCUT2D eigenvalue weighted by Gasteiger charge is 2.23. The fourth-order valence-corrected chi connectivity index (χ4v) is 3.03. The van der Waals surface area contributed by atoms with Gasteiger partial charge in [0.15, 0.2) is 5.82 Å². The van der Waals surface area contributed by atoms with E-state index >= 15 is 0 Å². The minimum Gasteiger partial charge on any atom is -0.238 e. The number of halogens is 2. The molecule has 0 aliphatic heterocycles. The van der Waals surface area contributed by atoms with Gasteiger partial charge in [-0.05, 0) is 22.9 Å². The first kappa shape index (κ1) is 13.9. The lowest BCUT2D eigenvalue weighted by Crippen LogP contribution is -2.16. The summed E-state index contributed by atoms with van der Waals surface area (Å²) in [5, 5.41) is 3.36. The summed E-state index contributed by atoms with van der Waals surface area (Å²) in [5.41, 5.74) is 1.56. The molecule has 2 heterocycles. The first-order chi connectivity index (χ1) is 8.29. The normalized spacial score (nSPS) is 11.9. The zero-order chi connectivity index (χ0) is 13.5. The molecule has 6 heteroatoms. The van der Waals surface area contributed by atoms with Crippen LogP contribution in [0.4, 0.5) is 0 Å². The zero-order valence-electron chi connectivity index (χ0n) is 10.6. The lowest BCUT2D eigenvalue weighted by atomic mass is 9.92. The Morgan fingerprint density at radius 2 is 1.89 bits per heavy atom. The maximum atomic E-state index is 6.16. The van der Waals surface area contributed by atoms with E-state index in [-0.39, 0.29) is 5.41 Å². The van der Waals surface area contributed by atoms with Crippen molar-refractivity contribution in [1.82, 2.24) is 15.0 Å². The Labute approximate surface area is 124 Å². The average molecular weight is 347 g/mol. The molecule has 2 aromatic heterocycles. The standard InChI is InChI=1S/C12H13BrClN3S/c1-6-15-7(5-18-6)11-16-9(12(2,3)4)8(13)10(14)17-11/h5H,1-4H3. The Morgan fingerprint density at radius 1 is 1.22 bits per heavy atom. The van der Waals surface area contributed by atoms with Gasteiger partial charge in [-0.3, -0.25) is 0 Å². The van der Waals surface area contributed by atoms with Crippen LogP contribution in [0, 0.1) is 6.92 Å². The van der Waals surface area contributed by atoms with Crippen LogP contribution < -0.4 is 0 Å². The van der Waals surface area contributed by atoms with Gasteiger partial charge in [0.2, 0.25) is 0 Å². The lowest BCUT2D eigenvalue weighted by molar-refractivity contribution is 0.564. The van der Waals surface area contributed by atoms with E-state index < -0.39 is 0 Å². The summed E-state index contributed by atoms with van der Waals surface area (Å²) >= 11 is 11.2. The van der Waals surface area contributed by atoms with Crippen LogP contribution in [0.15, 0.2) is 9.85 Å². The fourth-order valence-electron chi connectivity index (χ4n) is 1.50. The largest absolute Gasteiger partial charge is 0.238 e. The van der Waals surface area contributed by atoms with Gasteiger partial charge in [-0.15, -0.1) is 11.3 Å². The molecular formula is C12H13BrClN3S. The Hall–Kier alpha value is -0.520. The summed E-state index contributed by atoms with van der Waals surface area (Å²) in [6.07, 6.45) is 0. The quantitative estimate of drug-likeness (QED) is 0.707. The smallest absolute Gasteiger partial charge is 0.180 e. The minimum absolute atomic E-state index is 0.106. The number of aryl methyl sites for hydroxylation is 1.